The van der Waals surface area contributed by atoms with E-state index >= 15 is 0 Å². The lowest BCUT2D eigenvalue weighted by Crippen LogP contribution is -2.24. The molecule has 2 rings (SSSR count). The lowest BCUT2D eigenvalue weighted by atomic mass is 10.1. The van der Waals surface area contributed by atoms with Crippen LogP contribution in [0.2, 0.25) is 0 Å². The van der Waals surface area contributed by atoms with Gasteiger partial charge in [-0.1, -0.05) is 31.2 Å². The van der Waals surface area contributed by atoms with Gasteiger partial charge in [0.15, 0.2) is 6.61 Å². The van der Waals surface area contributed by atoms with E-state index in [9.17, 15) is 4.79 Å². The SMILES string of the molecule is CCc1ccccc1OCC(=O)NN=Cc1cccs1. The number of rotatable bonds is 6. The monoisotopic (exact) mass is 288 g/mol. The van der Waals surface area contributed by atoms with Crippen LogP contribution in [0.1, 0.15) is 17.4 Å². The van der Waals surface area contributed by atoms with Crippen LogP contribution < -0.4 is 10.2 Å². The summed E-state index contributed by atoms with van der Waals surface area (Å²) in [6, 6.07) is 11.6. The van der Waals surface area contributed by atoms with E-state index in [0.717, 1.165) is 22.6 Å². The lowest BCUT2D eigenvalue weighted by molar-refractivity contribution is -0.123. The molecule has 5 heteroatoms. The molecular weight excluding hydrogens is 272 g/mol. The van der Waals surface area contributed by atoms with Gasteiger partial charge in [0.2, 0.25) is 0 Å². The molecule has 0 unspecified atom stereocenters. The van der Waals surface area contributed by atoms with Crippen LogP contribution in [0.5, 0.6) is 5.75 Å². The number of aryl methyl sites for hydroxylation is 1. The molecule has 20 heavy (non-hydrogen) atoms. The van der Waals surface area contributed by atoms with E-state index in [1.165, 1.54) is 0 Å². The molecule has 0 radical (unpaired) electrons. The van der Waals surface area contributed by atoms with E-state index in [4.69, 9.17) is 4.74 Å². The molecule has 104 valence electrons. The number of thiophene rings is 1. The molecule has 0 aliphatic heterocycles. The first kappa shape index (κ1) is 14.3. The van der Waals surface area contributed by atoms with Crippen LogP contribution >= 0.6 is 11.3 Å². The summed E-state index contributed by atoms with van der Waals surface area (Å²) in [6.45, 7) is 2.01. The summed E-state index contributed by atoms with van der Waals surface area (Å²) in [5.41, 5.74) is 3.53. The third-order valence-corrected chi connectivity index (χ3v) is 3.44. The number of nitrogens with zero attached hydrogens (tertiary/aromatic N) is 1. The zero-order chi connectivity index (χ0) is 14.2. The first-order chi connectivity index (χ1) is 9.79. The minimum atomic E-state index is -0.274. The van der Waals surface area contributed by atoms with Crippen molar-refractivity contribution in [3.8, 4) is 5.75 Å². The minimum absolute atomic E-state index is 0.0429. The maximum Gasteiger partial charge on any atom is 0.277 e. The second-order valence-electron chi connectivity index (χ2n) is 4.06. The Kier molecular flexibility index (Phi) is 5.32. The number of hydrogen-bond donors (Lipinski definition) is 1. The van der Waals surface area contributed by atoms with Gasteiger partial charge in [-0.2, -0.15) is 5.10 Å². The Balaban J connectivity index is 1.80. The van der Waals surface area contributed by atoms with Gasteiger partial charge in [-0.25, -0.2) is 5.43 Å². The van der Waals surface area contributed by atoms with E-state index in [0.29, 0.717) is 0 Å². The molecule has 4 nitrogen and oxygen atoms in total. The second kappa shape index (κ2) is 7.45. The Bertz CT molecular complexity index is 579. The molecule has 2 aromatic rings. The van der Waals surface area contributed by atoms with Gasteiger partial charge in [-0.05, 0) is 29.5 Å². The van der Waals surface area contributed by atoms with E-state index < -0.39 is 0 Å². The highest BCUT2D eigenvalue weighted by Gasteiger charge is 2.04. The van der Waals surface area contributed by atoms with Gasteiger partial charge in [-0.15, -0.1) is 11.3 Å². The fourth-order valence-corrected chi connectivity index (χ4v) is 2.23. The highest BCUT2D eigenvalue weighted by Crippen LogP contribution is 2.17. The fourth-order valence-electron chi connectivity index (χ4n) is 1.64. The molecule has 1 amide bonds. The summed E-state index contributed by atoms with van der Waals surface area (Å²) in [4.78, 5) is 12.6. The highest BCUT2D eigenvalue weighted by molar-refractivity contribution is 7.11. The lowest BCUT2D eigenvalue weighted by Gasteiger charge is -2.08. The van der Waals surface area contributed by atoms with Gasteiger partial charge in [0, 0.05) is 4.88 Å². The van der Waals surface area contributed by atoms with Crippen LogP contribution in [0, 0.1) is 0 Å². The Morgan fingerprint density at radius 3 is 2.95 bits per heavy atom. The van der Waals surface area contributed by atoms with E-state index in [1.54, 1.807) is 17.6 Å². The Hall–Kier alpha value is -2.14. The van der Waals surface area contributed by atoms with Gasteiger partial charge in [0.05, 0.1) is 6.21 Å². The predicted octanol–water partition coefficient (Wildman–Crippen LogP) is 2.84. The molecule has 0 aliphatic rings. The summed E-state index contributed by atoms with van der Waals surface area (Å²) < 4.78 is 5.49. The molecule has 0 spiro atoms. The zero-order valence-electron chi connectivity index (χ0n) is 11.2. The standard InChI is InChI=1S/C15H16N2O2S/c1-2-12-6-3-4-8-14(12)19-11-15(18)17-16-10-13-7-5-9-20-13/h3-10H,2,11H2,1H3,(H,17,18). The number of amides is 1. The smallest absolute Gasteiger partial charge is 0.277 e. The molecule has 0 bridgehead atoms. The van der Waals surface area contributed by atoms with Crippen molar-refractivity contribution in [2.24, 2.45) is 5.10 Å². The third-order valence-electron chi connectivity index (χ3n) is 2.64. The van der Waals surface area contributed by atoms with E-state index in [2.05, 4.69) is 10.5 Å². The number of carbonyl (C=O) groups excluding carboxylic acids is 1. The topological polar surface area (TPSA) is 50.7 Å². The van der Waals surface area contributed by atoms with Crippen molar-refractivity contribution in [3.63, 3.8) is 0 Å². The van der Waals surface area contributed by atoms with Crippen molar-refractivity contribution in [1.29, 1.82) is 0 Å². The molecule has 0 atom stereocenters. The van der Waals surface area contributed by atoms with Crippen molar-refractivity contribution in [2.45, 2.75) is 13.3 Å². The Labute approximate surface area is 122 Å². The number of benzene rings is 1. The van der Waals surface area contributed by atoms with Gasteiger partial charge in [0.25, 0.3) is 5.91 Å². The number of nitrogens with one attached hydrogen (secondary N) is 1. The second-order valence-corrected chi connectivity index (χ2v) is 5.04. The van der Waals surface area contributed by atoms with E-state index in [-0.39, 0.29) is 12.5 Å². The van der Waals surface area contributed by atoms with Crippen LogP contribution in [0.15, 0.2) is 46.9 Å². The number of hydrazone groups is 1. The van der Waals surface area contributed by atoms with Crippen molar-refractivity contribution >= 4 is 23.5 Å². The van der Waals surface area contributed by atoms with Crippen molar-refractivity contribution in [2.75, 3.05) is 6.61 Å². The molecule has 1 heterocycles. The molecule has 1 N–H and O–H groups in total. The summed E-state index contributed by atoms with van der Waals surface area (Å²) >= 11 is 1.56. The largest absolute Gasteiger partial charge is 0.483 e. The maximum absolute atomic E-state index is 11.6. The molecular formula is C15H16N2O2S. The number of ether oxygens (including phenoxy) is 1. The minimum Gasteiger partial charge on any atom is -0.483 e. The summed E-state index contributed by atoms with van der Waals surface area (Å²) in [6.07, 6.45) is 2.48. The Morgan fingerprint density at radius 2 is 2.20 bits per heavy atom. The fraction of sp³-hybridized carbons (Fsp3) is 0.200. The van der Waals surface area contributed by atoms with Crippen LogP contribution in [0.4, 0.5) is 0 Å². The molecule has 1 aromatic carbocycles. The van der Waals surface area contributed by atoms with Crippen molar-refractivity contribution < 1.29 is 9.53 Å². The Morgan fingerprint density at radius 1 is 1.35 bits per heavy atom. The van der Waals surface area contributed by atoms with Gasteiger partial charge in [0.1, 0.15) is 5.75 Å². The van der Waals surface area contributed by atoms with Crippen molar-refractivity contribution in [3.05, 3.63) is 52.2 Å². The number of hydrogen-bond acceptors (Lipinski definition) is 4. The average molecular weight is 288 g/mol. The molecule has 0 saturated carbocycles. The van der Waals surface area contributed by atoms with Crippen LogP contribution in [0.25, 0.3) is 0 Å². The van der Waals surface area contributed by atoms with Crippen LogP contribution in [-0.4, -0.2) is 18.7 Å². The number of carbonyl (C=O) groups is 1. The molecule has 0 saturated heterocycles. The van der Waals surface area contributed by atoms with E-state index in [1.807, 2.05) is 48.7 Å². The van der Waals surface area contributed by atoms with Crippen LogP contribution in [-0.2, 0) is 11.2 Å². The zero-order valence-corrected chi connectivity index (χ0v) is 12.0. The molecule has 1 aromatic heterocycles. The summed E-state index contributed by atoms with van der Waals surface area (Å²) in [5.74, 6) is 0.469. The predicted molar refractivity (Wildman–Crippen MR) is 81.4 cm³/mol. The normalized spacial score (nSPS) is 10.7. The highest BCUT2D eigenvalue weighted by atomic mass is 32.1. The third kappa shape index (κ3) is 4.20. The van der Waals surface area contributed by atoms with Gasteiger partial charge < -0.3 is 4.74 Å². The maximum atomic E-state index is 11.6. The van der Waals surface area contributed by atoms with Gasteiger partial charge >= 0.3 is 0 Å². The molecule has 0 fully saturated rings. The first-order valence-corrected chi connectivity index (χ1v) is 7.23. The van der Waals surface area contributed by atoms with Gasteiger partial charge in [-0.3, -0.25) is 4.79 Å². The summed E-state index contributed by atoms with van der Waals surface area (Å²) in [5, 5.41) is 5.83. The molecule has 0 aliphatic carbocycles. The summed E-state index contributed by atoms with van der Waals surface area (Å²) in [7, 11) is 0. The first-order valence-electron chi connectivity index (χ1n) is 6.35. The average Bonchev–Trinajstić information content (AvgIpc) is 2.98. The van der Waals surface area contributed by atoms with Crippen LogP contribution in [0.3, 0.4) is 0 Å². The quantitative estimate of drug-likeness (QED) is 0.656. The number of para-hydroxylation sites is 1. The van der Waals surface area contributed by atoms with Crippen molar-refractivity contribution in [1.82, 2.24) is 5.43 Å².